The van der Waals surface area contributed by atoms with E-state index < -0.39 is 11.7 Å². The van der Waals surface area contributed by atoms with E-state index in [0.717, 1.165) is 71.0 Å². The van der Waals surface area contributed by atoms with Crippen molar-refractivity contribution in [2.75, 3.05) is 49.1 Å². The summed E-state index contributed by atoms with van der Waals surface area (Å²) in [5.74, 6) is -0.260. The normalized spacial score (nSPS) is 15.4. The van der Waals surface area contributed by atoms with Crippen LogP contribution in [0.5, 0.6) is 0 Å². The molecule has 0 unspecified atom stereocenters. The molecule has 0 N–H and O–H groups in total. The zero-order chi connectivity index (χ0) is 27.0. The number of fused-ring (bicyclic) bond motifs is 2. The lowest BCUT2D eigenvalue weighted by Gasteiger charge is -2.36. The Morgan fingerprint density at radius 3 is 2.30 bits per heavy atom. The quantitative estimate of drug-likeness (QED) is 0.206. The summed E-state index contributed by atoms with van der Waals surface area (Å²) in [6.45, 7) is 5.01. The van der Waals surface area contributed by atoms with E-state index >= 15 is 0 Å². The summed E-state index contributed by atoms with van der Waals surface area (Å²) in [5.41, 5.74) is 2.72. The monoisotopic (exact) mass is 606 g/mol. The van der Waals surface area contributed by atoms with Gasteiger partial charge in [-0.05, 0) is 67.6 Å². The van der Waals surface area contributed by atoms with Crippen LogP contribution in [0.3, 0.4) is 0 Å². The number of para-hydroxylation sites is 1. The third kappa shape index (κ3) is 6.10. The number of anilines is 3. The number of thiazole rings is 1. The van der Waals surface area contributed by atoms with Crippen LogP contribution in [0, 0.1) is 5.82 Å². The summed E-state index contributed by atoms with van der Waals surface area (Å²) in [5, 5.41) is 2.97. The van der Waals surface area contributed by atoms with Gasteiger partial charge in [-0.3, -0.25) is 4.90 Å². The third-order valence-corrected chi connectivity index (χ3v) is 9.12. The van der Waals surface area contributed by atoms with Crippen LogP contribution in [0.15, 0.2) is 81.9 Å². The predicted octanol–water partition coefficient (Wildman–Crippen LogP) is 8.20. The molecule has 11 heteroatoms. The molecule has 0 spiro atoms. The Balaban J connectivity index is 0.00000323. The summed E-state index contributed by atoms with van der Waals surface area (Å²) in [4.78, 5) is 13.4. The van der Waals surface area contributed by atoms with E-state index in [2.05, 4.69) is 9.80 Å². The van der Waals surface area contributed by atoms with Gasteiger partial charge >= 0.3 is 6.18 Å². The molecule has 3 aromatic carbocycles. The highest BCUT2D eigenvalue weighted by atomic mass is 35.5. The fraction of sp³-hybridized carbons (Fsp3) is 0.276. The van der Waals surface area contributed by atoms with Gasteiger partial charge in [0.25, 0.3) is 0 Å². The highest BCUT2D eigenvalue weighted by Crippen LogP contribution is 2.49. The summed E-state index contributed by atoms with van der Waals surface area (Å²) < 4.78 is 53.7. The Labute approximate surface area is 245 Å². The van der Waals surface area contributed by atoms with Crippen molar-refractivity contribution >= 4 is 52.0 Å². The fourth-order valence-electron chi connectivity index (χ4n) is 5.02. The smallest absolute Gasteiger partial charge is 0.346 e. The number of aromatic nitrogens is 1. The molecule has 0 radical (unpaired) electrons. The summed E-state index contributed by atoms with van der Waals surface area (Å²) in [7, 11) is 0. The van der Waals surface area contributed by atoms with E-state index in [1.807, 2.05) is 34.5 Å². The van der Waals surface area contributed by atoms with Gasteiger partial charge in [-0.25, -0.2) is 9.37 Å². The number of nitrogens with zero attached hydrogens (tertiary/aromatic N) is 4. The van der Waals surface area contributed by atoms with Crippen molar-refractivity contribution in [1.29, 1.82) is 0 Å². The first-order valence-electron chi connectivity index (χ1n) is 12.8. The Kier molecular flexibility index (Phi) is 8.61. The van der Waals surface area contributed by atoms with Crippen molar-refractivity contribution in [3.63, 3.8) is 0 Å². The minimum Gasteiger partial charge on any atom is -0.346 e. The molecule has 6 rings (SSSR count). The molecule has 4 nitrogen and oxygen atoms in total. The van der Waals surface area contributed by atoms with Crippen LogP contribution in [0.2, 0.25) is 0 Å². The second-order valence-corrected chi connectivity index (χ2v) is 11.5. The summed E-state index contributed by atoms with van der Waals surface area (Å²) in [6.07, 6.45) is -3.54. The molecule has 1 aromatic heterocycles. The molecule has 0 saturated carbocycles. The number of rotatable bonds is 6. The molecule has 40 heavy (non-hydrogen) atoms. The lowest BCUT2D eigenvalue weighted by molar-refractivity contribution is -0.137. The molecular formula is C29H27ClF4N4S2. The number of alkyl halides is 3. The Morgan fingerprint density at radius 2 is 1.55 bits per heavy atom. The van der Waals surface area contributed by atoms with Crippen LogP contribution < -0.4 is 9.80 Å². The first kappa shape index (κ1) is 28.7. The van der Waals surface area contributed by atoms with Gasteiger partial charge in [-0.2, -0.15) is 13.2 Å². The van der Waals surface area contributed by atoms with E-state index in [0.29, 0.717) is 12.2 Å². The van der Waals surface area contributed by atoms with Gasteiger partial charge in [0.1, 0.15) is 5.82 Å². The Morgan fingerprint density at radius 1 is 0.825 bits per heavy atom. The molecule has 4 aromatic rings. The van der Waals surface area contributed by atoms with E-state index in [-0.39, 0.29) is 18.2 Å². The molecule has 1 fully saturated rings. The lowest BCUT2D eigenvalue weighted by atomic mass is 10.1. The maximum absolute atomic E-state index is 13.5. The van der Waals surface area contributed by atoms with E-state index in [1.54, 1.807) is 29.5 Å². The number of benzene rings is 3. The average molecular weight is 607 g/mol. The van der Waals surface area contributed by atoms with Gasteiger partial charge in [-0.1, -0.05) is 23.9 Å². The molecule has 0 atom stereocenters. The van der Waals surface area contributed by atoms with Crippen LogP contribution in [-0.2, 0) is 6.18 Å². The lowest BCUT2D eigenvalue weighted by Crippen LogP contribution is -2.47. The van der Waals surface area contributed by atoms with Crippen molar-refractivity contribution in [1.82, 2.24) is 9.88 Å². The standard InChI is InChI=1S/C29H26F4N4S2.ClH/c30-22-9-6-20(7-10-22)23-19-38-28(34-23)36-16-14-35(15-17-36)12-3-13-37-24-4-1-2-5-26(24)39-27-11-8-21(18-25(27)37)29(31,32)33;/h1-2,4-11,18-19H,3,12-17H2;1H. The minimum atomic E-state index is -4.38. The van der Waals surface area contributed by atoms with Crippen LogP contribution in [0.4, 0.5) is 34.1 Å². The van der Waals surface area contributed by atoms with Crippen LogP contribution >= 0.6 is 35.5 Å². The van der Waals surface area contributed by atoms with E-state index in [9.17, 15) is 17.6 Å². The van der Waals surface area contributed by atoms with Gasteiger partial charge in [0.2, 0.25) is 0 Å². The third-order valence-electron chi connectivity index (χ3n) is 7.08. The average Bonchev–Trinajstić information content (AvgIpc) is 3.43. The van der Waals surface area contributed by atoms with Crippen molar-refractivity contribution in [3.05, 3.63) is 83.5 Å². The maximum Gasteiger partial charge on any atom is 0.416 e. The van der Waals surface area contributed by atoms with Crippen molar-refractivity contribution in [3.8, 4) is 11.3 Å². The highest BCUT2D eigenvalue weighted by molar-refractivity contribution is 7.99. The van der Waals surface area contributed by atoms with Gasteiger partial charge < -0.3 is 9.80 Å². The number of hydrogen-bond donors (Lipinski definition) is 0. The molecule has 0 bridgehead atoms. The van der Waals surface area contributed by atoms with Gasteiger partial charge in [-0.15, -0.1) is 23.7 Å². The summed E-state index contributed by atoms with van der Waals surface area (Å²) in [6, 6.07) is 18.3. The largest absolute Gasteiger partial charge is 0.416 e. The van der Waals surface area contributed by atoms with Crippen LogP contribution in [-0.4, -0.2) is 49.2 Å². The van der Waals surface area contributed by atoms with Crippen LogP contribution in [0.25, 0.3) is 11.3 Å². The Hall–Kier alpha value is -2.79. The molecular weight excluding hydrogens is 580 g/mol. The molecule has 2 aliphatic rings. The number of hydrogen-bond acceptors (Lipinski definition) is 6. The van der Waals surface area contributed by atoms with Gasteiger partial charge in [0.05, 0.1) is 22.6 Å². The van der Waals surface area contributed by atoms with Crippen molar-refractivity contribution in [2.45, 2.75) is 22.4 Å². The molecule has 210 valence electrons. The van der Waals surface area contributed by atoms with Gasteiger partial charge in [0, 0.05) is 53.5 Å². The van der Waals surface area contributed by atoms with Crippen molar-refractivity contribution in [2.24, 2.45) is 0 Å². The number of halogens is 5. The predicted molar refractivity (Wildman–Crippen MR) is 157 cm³/mol. The fourth-order valence-corrected chi connectivity index (χ4v) is 6.99. The summed E-state index contributed by atoms with van der Waals surface area (Å²) >= 11 is 3.12. The Bertz CT molecular complexity index is 1450. The zero-order valence-corrected chi connectivity index (χ0v) is 23.9. The molecule has 2 aliphatic heterocycles. The van der Waals surface area contributed by atoms with Crippen LogP contribution in [0.1, 0.15) is 12.0 Å². The minimum absolute atomic E-state index is 0. The second-order valence-electron chi connectivity index (χ2n) is 9.61. The highest BCUT2D eigenvalue weighted by Gasteiger charge is 2.33. The molecule has 0 aliphatic carbocycles. The molecule has 0 amide bonds. The topological polar surface area (TPSA) is 22.6 Å². The molecule has 1 saturated heterocycles. The molecule has 3 heterocycles. The maximum atomic E-state index is 13.5. The zero-order valence-electron chi connectivity index (χ0n) is 21.4. The van der Waals surface area contributed by atoms with Gasteiger partial charge in [0.15, 0.2) is 5.13 Å². The SMILES string of the molecule is Cl.Fc1ccc(-c2csc(N3CCN(CCCN4c5ccccc5Sc5ccc(C(F)(F)F)cc54)CC3)n2)cc1. The van der Waals surface area contributed by atoms with Crippen molar-refractivity contribution < 1.29 is 17.6 Å². The van der Waals surface area contributed by atoms with E-state index in [1.165, 1.54) is 36.0 Å². The second kappa shape index (κ2) is 12.0. The number of piperazine rings is 1. The van der Waals surface area contributed by atoms with E-state index in [4.69, 9.17) is 4.98 Å². The first-order valence-corrected chi connectivity index (χ1v) is 14.5. The first-order chi connectivity index (χ1) is 18.8.